The average Bonchev–Trinajstić information content (AvgIpc) is 3.18. The third-order valence-corrected chi connectivity index (χ3v) is 4.63. The molecule has 1 fully saturated rings. The fourth-order valence-corrected chi connectivity index (χ4v) is 3.42. The minimum absolute atomic E-state index is 0.155. The van der Waals surface area contributed by atoms with Gasteiger partial charge in [0.2, 0.25) is 0 Å². The molecule has 1 aliphatic heterocycles. The summed E-state index contributed by atoms with van der Waals surface area (Å²) >= 11 is 0. The minimum atomic E-state index is 0.155. The van der Waals surface area contributed by atoms with E-state index in [0.717, 1.165) is 31.9 Å². The van der Waals surface area contributed by atoms with Gasteiger partial charge in [0.25, 0.3) is 0 Å². The molecular formula is C19H21N5. The predicted octanol–water partition coefficient (Wildman–Crippen LogP) is 2.72. The van der Waals surface area contributed by atoms with E-state index < -0.39 is 0 Å². The first kappa shape index (κ1) is 14.9. The largest absolute Gasteiger partial charge is 0.369 e. The SMILES string of the molecule is c1ccc(C(c2cn[nH]n2)N2CCN(c3ccccc3)CC2)cc1. The lowest BCUT2D eigenvalue weighted by molar-refractivity contribution is 0.209. The van der Waals surface area contributed by atoms with Crippen molar-refractivity contribution < 1.29 is 0 Å². The average molecular weight is 319 g/mol. The van der Waals surface area contributed by atoms with E-state index in [9.17, 15) is 0 Å². The summed E-state index contributed by atoms with van der Waals surface area (Å²) in [6.07, 6.45) is 1.83. The maximum absolute atomic E-state index is 4.35. The molecule has 0 radical (unpaired) electrons. The van der Waals surface area contributed by atoms with Gasteiger partial charge in [-0.1, -0.05) is 48.5 Å². The zero-order valence-corrected chi connectivity index (χ0v) is 13.5. The topological polar surface area (TPSA) is 48.1 Å². The molecule has 1 aliphatic rings. The number of hydrogen-bond acceptors (Lipinski definition) is 4. The molecule has 1 unspecified atom stereocenters. The lowest BCUT2D eigenvalue weighted by Gasteiger charge is -2.39. The van der Waals surface area contributed by atoms with E-state index >= 15 is 0 Å². The Labute approximate surface area is 141 Å². The number of hydrogen-bond donors (Lipinski definition) is 1. The van der Waals surface area contributed by atoms with Crippen molar-refractivity contribution in [2.45, 2.75) is 6.04 Å². The van der Waals surface area contributed by atoms with Gasteiger partial charge in [0.15, 0.2) is 0 Å². The van der Waals surface area contributed by atoms with Crippen LogP contribution >= 0.6 is 0 Å². The van der Waals surface area contributed by atoms with Crippen LogP contribution in [0.3, 0.4) is 0 Å². The van der Waals surface area contributed by atoms with Gasteiger partial charge in [-0.25, -0.2) is 0 Å². The van der Waals surface area contributed by atoms with Crippen molar-refractivity contribution in [3.05, 3.63) is 78.1 Å². The van der Waals surface area contributed by atoms with Crippen LogP contribution in [0.2, 0.25) is 0 Å². The number of aromatic amines is 1. The Balaban J connectivity index is 1.53. The van der Waals surface area contributed by atoms with Crippen LogP contribution < -0.4 is 4.90 Å². The van der Waals surface area contributed by atoms with Crippen LogP contribution in [0.1, 0.15) is 17.3 Å². The van der Waals surface area contributed by atoms with Crippen LogP contribution in [0.15, 0.2) is 66.9 Å². The van der Waals surface area contributed by atoms with Crippen LogP contribution in [0.25, 0.3) is 0 Å². The fourth-order valence-electron chi connectivity index (χ4n) is 3.42. The zero-order chi connectivity index (χ0) is 16.2. The van der Waals surface area contributed by atoms with Crippen LogP contribution in [0.4, 0.5) is 5.69 Å². The standard InChI is InChI=1S/C19H21N5/c1-3-7-16(8-4-1)19(18-15-20-22-21-18)24-13-11-23(12-14-24)17-9-5-2-6-10-17/h1-10,15,19H,11-14H2,(H,20,21,22). The Kier molecular flexibility index (Phi) is 4.25. The van der Waals surface area contributed by atoms with Crippen molar-refractivity contribution in [2.24, 2.45) is 0 Å². The van der Waals surface area contributed by atoms with E-state index in [1.165, 1.54) is 11.3 Å². The van der Waals surface area contributed by atoms with Gasteiger partial charge < -0.3 is 4.90 Å². The van der Waals surface area contributed by atoms with Crippen LogP contribution in [-0.4, -0.2) is 46.5 Å². The smallest absolute Gasteiger partial charge is 0.104 e. The van der Waals surface area contributed by atoms with Gasteiger partial charge in [0.05, 0.1) is 12.2 Å². The van der Waals surface area contributed by atoms with Gasteiger partial charge >= 0.3 is 0 Å². The number of piperazine rings is 1. The summed E-state index contributed by atoms with van der Waals surface area (Å²) in [5, 5.41) is 11.1. The van der Waals surface area contributed by atoms with E-state index in [-0.39, 0.29) is 6.04 Å². The zero-order valence-electron chi connectivity index (χ0n) is 13.5. The lowest BCUT2D eigenvalue weighted by atomic mass is 10.0. The molecule has 122 valence electrons. The summed E-state index contributed by atoms with van der Waals surface area (Å²) in [6.45, 7) is 4.04. The first-order valence-electron chi connectivity index (χ1n) is 8.36. The highest BCUT2D eigenvalue weighted by atomic mass is 15.3. The summed E-state index contributed by atoms with van der Waals surface area (Å²) < 4.78 is 0. The molecule has 0 spiro atoms. The molecule has 3 aromatic rings. The van der Waals surface area contributed by atoms with E-state index in [1.807, 2.05) is 6.20 Å². The van der Waals surface area contributed by atoms with Crippen LogP contribution in [0.5, 0.6) is 0 Å². The van der Waals surface area contributed by atoms with Gasteiger partial charge in [-0.15, -0.1) is 0 Å². The molecule has 1 N–H and O–H groups in total. The van der Waals surface area contributed by atoms with Crippen LogP contribution in [-0.2, 0) is 0 Å². The molecular weight excluding hydrogens is 298 g/mol. The van der Waals surface area contributed by atoms with Crippen molar-refractivity contribution in [3.63, 3.8) is 0 Å². The molecule has 5 heteroatoms. The molecule has 0 saturated carbocycles. The van der Waals surface area contributed by atoms with Gasteiger partial charge in [-0.3, -0.25) is 4.90 Å². The summed E-state index contributed by atoms with van der Waals surface area (Å²) in [5.74, 6) is 0. The van der Waals surface area contributed by atoms with Crippen molar-refractivity contribution in [3.8, 4) is 0 Å². The molecule has 1 atom stereocenters. The maximum atomic E-state index is 4.35. The van der Waals surface area contributed by atoms with E-state index in [1.54, 1.807) is 0 Å². The molecule has 2 heterocycles. The van der Waals surface area contributed by atoms with E-state index in [2.05, 4.69) is 85.9 Å². The first-order valence-corrected chi connectivity index (χ1v) is 8.36. The Morgan fingerprint density at radius 1 is 0.833 bits per heavy atom. The maximum Gasteiger partial charge on any atom is 0.104 e. The van der Waals surface area contributed by atoms with Crippen molar-refractivity contribution in [1.29, 1.82) is 0 Å². The van der Waals surface area contributed by atoms with Gasteiger partial charge in [0.1, 0.15) is 5.69 Å². The summed E-state index contributed by atoms with van der Waals surface area (Å²) in [5.41, 5.74) is 3.55. The van der Waals surface area contributed by atoms with Crippen LogP contribution in [0, 0.1) is 0 Å². The second kappa shape index (κ2) is 6.84. The molecule has 4 rings (SSSR count). The van der Waals surface area contributed by atoms with Crippen molar-refractivity contribution >= 4 is 5.69 Å². The van der Waals surface area contributed by atoms with Gasteiger partial charge in [-0.05, 0) is 17.7 Å². The first-order chi connectivity index (χ1) is 11.9. The molecule has 2 aromatic carbocycles. The molecule has 1 aromatic heterocycles. The number of nitrogens with one attached hydrogen (secondary N) is 1. The number of para-hydroxylation sites is 1. The third-order valence-electron chi connectivity index (χ3n) is 4.63. The summed E-state index contributed by atoms with van der Waals surface area (Å²) in [7, 11) is 0. The number of rotatable bonds is 4. The molecule has 5 nitrogen and oxygen atoms in total. The molecule has 0 aliphatic carbocycles. The molecule has 0 amide bonds. The molecule has 1 saturated heterocycles. The minimum Gasteiger partial charge on any atom is -0.369 e. The van der Waals surface area contributed by atoms with Crippen molar-refractivity contribution in [1.82, 2.24) is 20.3 Å². The second-order valence-corrected chi connectivity index (χ2v) is 6.07. The fraction of sp³-hybridized carbons (Fsp3) is 0.263. The number of nitrogens with zero attached hydrogens (tertiary/aromatic N) is 4. The number of aromatic nitrogens is 3. The monoisotopic (exact) mass is 319 g/mol. The molecule has 24 heavy (non-hydrogen) atoms. The van der Waals surface area contributed by atoms with E-state index in [4.69, 9.17) is 0 Å². The predicted molar refractivity (Wildman–Crippen MR) is 94.9 cm³/mol. The van der Waals surface area contributed by atoms with Gasteiger partial charge in [-0.2, -0.15) is 15.4 Å². The highest BCUT2D eigenvalue weighted by Gasteiger charge is 2.28. The Hall–Kier alpha value is -2.66. The molecule has 0 bridgehead atoms. The Morgan fingerprint density at radius 3 is 2.12 bits per heavy atom. The number of H-pyrrole nitrogens is 1. The quantitative estimate of drug-likeness (QED) is 0.803. The van der Waals surface area contributed by atoms with Gasteiger partial charge in [0, 0.05) is 31.9 Å². The normalized spacial score (nSPS) is 16.9. The highest BCUT2D eigenvalue weighted by molar-refractivity contribution is 5.46. The highest BCUT2D eigenvalue weighted by Crippen LogP contribution is 2.28. The van der Waals surface area contributed by atoms with E-state index in [0.29, 0.717) is 0 Å². The Bertz CT molecular complexity index is 734. The number of benzene rings is 2. The Morgan fingerprint density at radius 2 is 1.50 bits per heavy atom. The lowest BCUT2D eigenvalue weighted by Crippen LogP contribution is -2.48. The summed E-state index contributed by atoms with van der Waals surface area (Å²) in [4.78, 5) is 4.94. The third kappa shape index (κ3) is 3.03. The summed E-state index contributed by atoms with van der Waals surface area (Å²) in [6, 6.07) is 21.4. The number of anilines is 1. The van der Waals surface area contributed by atoms with Crippen molar-refractivity contribution in [2.75, 3.05) is 31.1 Å². The second-order valence-electron chi connectivity index (χ2n) is 6.07.